The van der Waals surface area contributed by atoms with E-state index in [2.05, 4.69) is 5.32 Å². The quantitative estimate of drug-likeness (QED) is 0.801. The monoisotopic (exact) mass is 355 g/mol. The van der Waals surface area contributed by atoms with Gasteiger partial charge in [-0.1, -0.05) is 29.6 Å². The van der Waals surface area contributed by atoms with E-state index in [0.717, 1.165) is 12.3 Å². The smallest absolute Gasteiger partial charge is 0.306 e. The predicted molar refractivity (Wildman–Crippen MR) is 89.6 cm³/mol. The second kappa shape index (κ2) is 7.10. The number of benzene rings is 1. The van der Waals surface area contributed by atoms with Crippen LogP contribution in [0.3, 0.4) is 0 Å². The van der Waals surface area contributed by atoms with Crippen molar-refractivity contribution in [3.05, 3.63) is 28.2 Å². The van der Waals surface area contributed by atoms with Crippen LogP contribution in [-0.2, 0) is 14.3 Å². The fourth-order valence-corrected chi connectivity index (χ4v) is 4.28. The number of fused-ring (bicyclic) bond motifs is 2. The molecular weight excluding hydrogens is 337 g/mol. The van der Waals surface area contributed by atoms with Crippen LogP contribution in [-0.4, -0.2) is 18.5 Å². The molecule has 0 aromatic heterocycles. The normalized spacial score (nSPS) is 25.4. The molecule has 2 saturated carbocycles. The minimum Gasteiger partial charge on any atom is -0.456 e. The molecule has 23 heavy (non-hydrogen) atoms. The van der Waals surface area contributed by atoms with Crippen LogP contribution in [0.5, 0.6) is 0 Å². The number of nitrogens with one attached hydrogen (secondary N) is 1. The van der Waals surface area contributed by atoms with E-state index >= 15 is 0 Å². The summed E-state index contributed by atoms with van der Waals surface area (Å²) in [6, 6.07) is 4.78. The molecule has 4 nitrogen and oxygen atoms in total. The molecule has 0 radical (unpaired) electrons. The van der Waals surface area contributed by atoms with Gasteiger partial charge in [-0.2, -0.15) is 0 Å². The molecule has 0 saturated heterocycles. The third kappa shape index (κ3) is 4.18. The SMILES string of the molecule is O=C(COC(=O)C[C@H]1C[C@@H]2CC[C@H]1C2)Nc1ccc(Cl)cc1Cl. The predicted octanol–water partition coefficient (Wildman–Crippen LogP) is 4.30. The minimum absolute atomic E-state index is 0.292. The van der Waals surface area contributed by atoms with Crippen LogP contribution in [0.1, 0.15) is 32.1 Å². The van der Waals surface area contributed by atoms with Gasteiger partial charge < -0.3 is 10.1 Å². The molecule has 124 valence electrons. The number of amides is 1. The summed E-state index contributed by atoms with van der Waals surface area (Å²) in [6.45, 7) is -0.293. The van der Waals surface area contributed by atoms with E-state index in [1.807, 2.05) is 0 Å². The first-order chi connectivity index (χ1) is 11.0. The van der Waals surface area contributed by atoms with Crippen LogP contribution in [0.2, 0.25) is 10.0 Å². The summed E-state index contributed by atoms with van der Waals surface area (Å²) in [7, 11) is 0. The number of ether oxygens (including phenoxy) is 1. The molecule has 2 aliphatic rings. The zero-order valence-corrected chi connectivity index (χ0v) is 14.2. The van der Waals surface area contributed by atoms with Gasteiger partial charge in [0.05, 0.1) is 10.7 Å². The van der Waals surface area contributed by atoms with Gasteiger partial charge in [0.25, 0.3) is 5.91 Å². The molecule has 2 bridgehead atoms. The molecule has 0 heterocycles. The van der Waals surface area contributed by atoms with Crippen LogP contribution in [0.25, 0.3) is 0 Å². The number of halogens is 2. The van der Waals surface area contributed by atoms with Crippen LogP contribution < -0.4 is 5.32 Å². The lowest BCUT2D eigenvalue weighted by Gasteiger charge is -2.20. The lowest BCUT2D eigenvalue weighted by molar-refractivity contribution is -0.148. The molecule has 1 amide bonds. The second-order valence-corrected chi connectivity index (χ2v) is 7.32. The van der Waals surface area contributed by atoms with Crippen molar-refractivity contribution in [3.8, 4) is 0 Å². The van der Waals surface area contributed by atoms with Crippen molar-refractivity contribution in [2.24, 2.45) is 17.8 Å². The zero-order valence-electron chi connectivity index (χ0n) is 12.7. The Kier molecular flexibility index (Phi) is 5.12. The van der Waals surface area contributed by atoms with Crippen molar-refractivity contribution in [3.63, 3.8) is 0 Å². The van der Waals surface area contributed by atoms with Gasteiger partial charge in [0.15, 0.2) is 6.61 Å². The maximum absolute atomic E-state index is 11.9. The van der Waals surface area contributed by atoms with Crippen molar-refractivity contribution >= 4 is 40.8 Å². The first-order valence-corrected chi connectivity index (χ1v) is 8.67. The highest BCUT2D eigenvalue weighted by Gasteiger charge is 2.40. The Morgan fingerprint density at radius 2 is 2.04 bits per heavy atom. The molecular formula is C17H19Cl2NO3. The fraction of sp³-hybridized carbons (Fsp3) is 0.529. The van der Waals surface area contributed by atoms with Crippen LogP contribution in [0.15, 0.2) is 18.2 Å². The lowest BCUT2D eigenvalue weighted by atomic mass is 9.86. The van der Waals surface area contributed by atoms with Crippen molar-refractivity contribution in [1.29, 1.82) is 0 Å². The molecule has 2 aliphatic carbocycles. The summed E-state index contributed by atoms with van der Waals surface area (Å²) in [5, 5.41) is 3.44. The van der Waals surface area contributed by atoms with Crippen molar-refractivity contribution in [2.45, 2.75) is 32.1 Å². The van der Waals surface area contributed by atoms with Crippen LogP contribution in [0, 0.1) is 17.8 Å². The summed E-state index contributed by atoms with van der Waals surface area (Å²) in [5.41, 5.74) is 0.449. The van der Waals surface area contributed by atoms with E-state index < -0.39 is 5.91 Å². The molecule has 3 atom stereocenters. The molecule has 1 aromatic carbocycles. The lowest BCUT2D eigenvalue weighted by Crippen LogP contribution is -2.23. The largest absolute Gasteiger partial charge is 0.456 e. The molecule has 0 aliphatic heterocycles. The summed E-state index contributed by atoms with van der Waals surface area (Å²) in [5.74, 6) is 1.22. The summed E-state index contributed by atoms with van der Waals surface area (Å²) in [4.78, 5) is 23.7. The Hall–Kier alpha value is -1.26. The highest BCUT2D eigenvalue weighted by Crippen LogP contribution is 2.49. The van der Waals surface area contributed by atoms with Crippen molar-refractivity contribution in [2.75, 3.05) is 11.9 Å². The Bertz CT molecular complexity index is 620. The Balaban J connectivity index is 1.42. The van der Waals surface area contributed by atoms with Gasteiger partial charge in [0.1, 0.15) is 0 Å². The fourth-order valence-electron chi connectivity index (χ4n) is 3.82. The Morgan fingerprint density at radius 3 is 2.70 bits per heavy atom. The van der Waals surface area contributed by atoms with Crippen LogP contribution >= 0.6 is 23.2 Å². The number of anilines is 1. The molecule has 3 rings (SSSR count). The van der Waals surface area contributed by atoms with Crippen LogP contribution in [0.4, 0.5) is 5.69 Å². The van der Waals surface area contributed by atoms with E-state index in [1.165, 1.54) is 19.3 Å². The highest BCUT2D eigenvalue weighted by molar-refractivity contribution is 6.36. The number of carbonyl (C=O) groups is 2. The highest BCUT2D eigenvalue weighted by atomic mass is 35.5. The number of hydrogen-bond donors (Lipinski definition) is 1. The van der Waals surface area contributed by atoms with Gasteiger partial charge in [-0.25, -0.2) is 0 Å². The van der Waals surface area contributed by atoms with Gasteiger partial charge in [-0.3, -0.25) is 9.59 Å². The van der Waals surface area contributed by atoms with Gasteiger partial charge >= 0.3 is 5.97 Å². The number of rotatable bonds is 5. The number of carbonyl (C=O) groups excluding carboxylic acids is 2. The minimum atomic E-state index is -0.407. The maximum Gasteiger partial charge on any atom is 0.306 e. The van der Waals surface area contributed by atoms with E-state index in [-0.39, 0.29) is 12.6 Å². The second-order valence-electron chi connectivity index (χ2n) is 6.47. The molecule has 1 aromatic rings. The summed E-state index contributed by atoms with van der Waals surface area (Å²) >= 11 is 11.8. The van der Waals surface area contributed by atoms with Crippen molar-refractivity contribution in [1.82, 2.24) is 0 Å². The third-order valence-electron chi connectivity index (χ3n) is 4.88. The average Bonchev–Trinajstić information content (AvgIpc) is 3.11. The van der Waals surface area contributed by atoms with E-state index in [4.69, 9.17) is 27.9 Å². The van der Waals surface area contributed by atoms with Gasteiger partial charge in [0, 0.05) is 11.4 Å². The van der Waals surface area contributed by atoms with E-state index in [1.54, 1.807) is 18.2 Å². The number of esters is 1. The summed E-state index contributed by atoms with van der Waals surface area (Å²) in [6.07, 6.45) is 5.36. The molecule has 1 N–H and O–H groups in total. The third-order valence-corrected chi connectivity index (χ3v) is 5.43. The van der Waals surface area contributed by atoms with E-state index in [0.29, 0.717) is 34.0 Å². The van der Waals surface area contributed by atoms with Gasteiger partial charge in [-0.15, -0.1) is 0 Å². The van der Waals surface area contributed by atoms with Crippen molar-refractivity contribution < 1.29 is 14.3 Å². The molecule has 0 spiro atoms. The standard InChI is InChI=1S/C17H19Cl2NO3/c18-13-3-4-15(14(19)8-13)20-16(21)9-23-17(22)7-12-6-10-1-2-11(12)5-10/h3-4,8,10-12H,1-2,5-7,9H2,(H,20,21)/t10-,11+,12-/m1/s1. The maximum atomic E-state index is 11.9. The van der Waals surface area contributed by atoms with Gasteiger partial charge in [-0.05, 0) is 55.2 Å². The Morgan fingerprint density at radius 1 is 1.22 bits per heavy atom. The van der Waals surface area contributed by atoms with Gasteiger partial charge in [0.2, 0.25) is 0 Å². The topological polar surface area (TPSA) is 55.4 Å². The molecule has 2 fully saturated rings. The first kappa shape index (κ1) is 16.6. The summed E-state index contributed by atoms with van der Waals surface area (Å²) < 4.78 is 5.09. The zero-order chi connectivity index (χ0) is 16.4. The molecule has 0 unspecified atom stereocenters. The average molecular weight is 356 g/mol. The molecule has 6 heteroatoms. The van der Waals surface area contributed by atoms with E-state index in [9.17, 15) is 9.59 Å². The first-order valence-electron chi connectivity index (χ1n) is 7.92. The number of hydrogen-bond acceptors (Lipinski definition) is 3. The Labute approximate surface area is 145 Å².